The van der Waals surface area contributed by atoms with Crippen molar-refractivity contribution in [1.82, 2.24) is 0 Å². The second-order valence-corrected chi connectivity index (χ2v) is 5.56. The van der Waals surface area contributed by atoms with Crippen LogP contribution in [0.2, 0.25) is 0 Å². The number of carbonyl (C=O) groups is 2. The topological polar surface area (TPSA) is 84.9 Å². The minimum absolute atomic E-state index is 0.0512. The second kappa shape index (κ2) is 8.89. The van der Waals surface area contributed by atoms with Crippen molar-refractivity contribution < 1.29 is 24.2 Å². The number of aromatic carboxylic acids is 1. The fraction of sp³-hybridized carbons (Fsp3) is 0.238. The monoisotopic (exact) mass is 369 g/mol. The van der Waals surface area contributed by atoms with Gasteiger partial charge in [-0.1, -0.05) is 26.0 Å². The van der Waals surface area contributed by atoms with Gasteiger partial charge in [0.2, 0.25) is 0 Å². The SMILES string of the molecule is CC.COc1cc2c(cc1OC)CC(C(=O)Nc1ccccc1C(=O)O)=C2. The van der Waals surface area contributed by atoms with E-state index in [1.807, 2.05) is 26.0 Å². The molecular formula is C21H23NO5. The van der Waals surface area contributed by atoms with E-state index in [4.69, 9.17) is 9.47 Å². The van der Waals surface area contributed by atoms with Crippen LogP contribution in [-0.4, -0.2) is 31.2 Å². The van der Waals surface area contributed by atoms with Gasteiger partial charge in [-0.3, -0.25) is 4.79 Å². The maximum Gasteiger partial charge on any atom is 0.337 e. The average Bonchev–Trinajstić information content (AvgIpc) is 3.11. The van der Waals surface area contributed by atoms with E-state index in [9.17, 15) is 14.7 Å². The third kappa shape index (κ3) is 4.28. The molecule has 1 amide bonds. The van der Waals surface area contributed by atoms with E-state index >= 15 is 0 Å². The molecule has 2 aromatic rings. The summed E-state index contributed by atoms with van der Waals surface area (Å²) in [5.41, 5.74) is 2.71. The minimum atomic E-state index is -1.09. The smallest absolute Gasteiger partial charge is 0.337 e. The summed E-state index contributed by atoms with van der Waals surface area (Å²) in [4.78, 5) is 23.8. The first-order valence-corrected chi connectivity index (χ1v) is 8.62. The van der Waals surface area contributed by atoms with Gasteiger partial charge in [0.05, 0.1) is 25.5 Å². The van der Waals surface area contributed by atoms with Crippen molar-refractivity contribution in [2.75, 3.05) is 19.5 Å². The Hall–Kier alpha value is -3.28. The molecule has 2 N–H and O–H groups in total. The zero-order valence-corrected chi connectivity index (χ0v) is 15.8. The Morgan fingerprint density at radius 3 is 2.30 bits per heavy atom. The van der Waals surface area contributed by atoms with Gasteiger partial charge in [0, 0.05) is 12.0 Å². The summed E-state index contributed by atoms with van der Waals surface area (Å²) < 4.78 is 10.6. The van der Waals surface area contributed by atoms with E-state index in [2.05, 4.69) is 5.32 Å². The van der Waals surface area contributed by atoms with Crippen LogP contribution in [0.1, 0.15) is 35.3 Å². The van der Waals surface area contributed by atoms with E-state index in [-0.39, 0.29) is 17.2 Å². The number of para-hydroxylation sites is 1. The highest BCUT2D eigenvalue weighted by atomic mass is 16.5. The normalized spacial score (nSPS) is 11.5. The summed E-state index contributed by atoms with van der Waals surface area (Å²) in [5, 5.41) is 11.9. The maximum atomic E-state index is 12.5. The Morgan fingerprint density at radius 2 is 1.67 bits per heavy atom. The molecule has 6 nitrogen and oxygen atoms in total. The van der Waals surface area contributed by atoms with Crippen LogP contribution in [0.3, 0.4) is 0 Å². The van der Waals surface area contributed by atoms with E-state index in [1.165, 1.54) is 6.07 Å². The molecule has 0 bridgehead atoms. The molecule has 0 atom stereocenters. The summed E-state index contributed by atoms with van der Waals surface area (Å²) in [5.74, 6) is -0.222. The van der Waals surface area contributed by atoms with Crippen molar-refractivity contribution >= 4 is 23.6 Å². The summed E-state index contributed by atoms with van der Waals surface area (Å²) in [6.07, 6.45) is 2.22. The van der Waals surface area contributed by atoms with Crippen LogP contribution in [0.5, 0.6) is 11.5 Å². The van der Waals surface area contributed by atoms with Gasteiger partial charge in [-0.2, -0.15) is 0 Å². The van der Waals surface area contributed by atoms with Gasteiger partial charge in [0.1, 0.15) is 0 Å². The molecule has 0 radical (unpaired) electrons. The Bertz CT molecular complexity index is 886. The minimum Gasteiger partial charge on any atom is -0.493 e. The van der Waals surface area contributed by atoms with Crippen LogP contribution in [-0.2, 0) is 11.2 Å². The lowest BCUT2D eigenvalue weighted by atomic mass is 10.1. The first-order chi connectivity index (χ1) is 13.0. The van der Waals surface area contributed by atoms with E-state index in [0.29, 0.717) is 23.5 Å². The highest BCUT2D eigenvalue weighted by Gasteiger charge is 2.22. The molecule has 0 saturated carbocycles. The van der Waals surface area contributed by atoms with Crippen molar-refractivity contribution in [3.8, 4) is 11.5 Å². The van der Waals surface area contributed by atoms with Gasteiger partial charge in [-0.25, -0.2) is 4.79 Å². The highest BCUT2D eigenvalue weighted by Crippen LogP contribution is 2.36. The molecule has 142 valence electrons. The predicted molar refractivity (Wildman–Crippen MR) is 105 cm³/mol. The lowest BCUT2D eigenvalue weighted by Gasteiger charge is -2.10. The van der Waals surface area contributed by atoms with Crippen molar-refractivity contribution in [3.63, 3.8) is 0 Å². The molecule has 0 spiro atoms. The molecule has 0 unspecified atom stereocenters. The first kappa shape index (κ1) is 20.0. The number of rotatable bonds is 5. The molecule has 1 aliphatic rings. The number of fused-ring (bicyclic) bond motifs is 1. The number of hydrogen-bond donors (Lipinski definition) is 2. The van der Waals surface area contributed by atoms with Gasteiger partial charge < -0.3 is 19.9 Å². The number of carboxylic acids is 1. The van der Waals surface area contributed by atoms with Gasteiger partial charge in [0.15, 0.2) is 11.5 Å². The third-order valence-corrected chi connectivity index (χ3v) is 4.05. The second-order valence-electron chi connectivity index (χ2n) is 5.56. The Kier molecular flexibility index (Phi) is 6.60. The van der Waals surface area contributed by atoms with E-state index in [1.54, 1.807) is 38.5 Å². The van der Waals surface area contributed by atoms with Crippen LogP contribution >= 0.6 is 0 Å². The number of hydrogen-bond acceptors (Lipinski definition) is 4. The Labute approximate surface area is 158 Å². The van der Waals surface area contributed by atoms with Gasteiger partial charge in [-0.15, -0.1) is 0 Å². The quantitative estimate of drug-likeness (QED) is 0.832. The fourth-order valence-corrected chi connectivity index (χ4v) is 2.80. The van der Waals surface area contributed by atoms with Crippen molar-refractivity contribution in [3.05, 3.63) is 58.7 Å². The lowest BCUT2D eigenvalue weighted by molar-refractivity contribution is -0.112. The molecular weight excluding hydrogens is 346 g/mol. The van der Waals surface area contributed by atoms with Crippen molar-refractivity contribution in [2.24, 2.45) is 0 Å². The maximum absolute atomic E-state index is 12.5. The fourth-order valence-electron chi connectivity index (χ4n) is 2.80. The van der Waals surface area contributed by atoms with Gasteiger partial charge in [-0.05, 0) is 41.5 Å². The van der Waals surface area contributed by atoms with Gasteiger partial charge >= 0.3 is 5.97 Å². The van der Waals surface area contributed by atoms with E-state index < -0.39 is 5.97 Å². The molecule has 0 aliphatic heterocycles. The molecule has 0 fully saturated rings. The molecule has 0 heterocycles. The summed E-state index contributed by atoms with van der Waals surface area (Å²) >= 11 is 0. The molecule has 2 aromatic carbocycles. The van der Waals surface area contributed by atoms with Crippen molar-refractivity contribution in [2.45, 2.75) is 20.3 Å². The average molecular weight is 369 g/mol. The Balaban J connectivity index is 0.00000126. The number of carbonyl (C=O) groups excluding carboxylic acids is 1. The number of benzene rings is 2. The molecule has 27 heavy (non-hydrogen) atoms. The van der Waals surface area contributed by atoms with Crippen LogP contribution < -0.4 is 14.8 Å². The summed E-state index contributed by atoms with van der Waals surface area (Å²) in [6.45, 7) is 4.00. The van der Waals surface area contributed by atoms with Crippen LogP contribution in [0, 0.1) is 0 Å². The first-order valence-electron chi connectivity index (χ1n) is 8.62. The molecule has 0 aromatic heterocycles. The van der Waals surface area contributed by atoms with E-state index in [0.717, 1.165) is 11.1 Å². The van der Waals surface area contributed by atoms with Gasteiger partial charge in [0.25, 0.3) is 5.91 Å². The number of methoxy groups -OCH3 is 2. The number of anilines is 1. The number of ether oxygens (including phenoxy) is 2. The summed E-state index contributed by atoms with van der Waals surface area (Å²) in [7, 11) is 3.11. The number of carboxylic acid groups (broad SMARTS) is 1. The van der Waals surface area contributed by atoms with Crippen LogP contribution in [0.4, 0.5) is 5.69 Å². The molecule has 0 saturated heterocycles. The molecule has 1 aliphatic carbocycles. The standard InChI is InChI=1S/C19H17NO5.C2H6/c1-24-16-9-11-7-13(8-12(11)10-17(16)25-2)18(21)20-15-6-4-3-5-14(15)19(22)23;1-2/h3-7,9-10H,8H2,1-2H3,(H,20,21)(H,22,23);1-2H3. The summed E-state index contributed by atoms with van der Waals surface area (Å²) in [6, 6.07) is 9.97. The third-order valence-electron chi connectivity index (χ3n) is 4.05. The Morgan fingerprint density at radius 1 is 1.04 bits per heavy atom. The highest BCUT2D eigenvalue weighted by molar-refractivity contribution is 6.10. The number of amides is 1. The lowest BCUT2D eigenvalue weighted by Crippen LogP contribution is -2.16. The zero-order valence-electron chi connectivity index (χ0n) is 15.8. The number of nitrogens with one attached hydrogen (secondary N) is 1. The van der Waals surface area contributed by atoms with Crippen molar-refractivity contribution in [1.29, 1.82) is 0 Å². The van der Waals surface area contributed by atoms with Crippen LogP contribution in [0.15, 0.2) is 42.0 Å². The zero-order chi connectivity index (χ0) is 20.0. The molecule has 6 heteroatoms. The predicted octanol–water partition coefficient (Wildman–Crippen LogP) is 4.01. The largest absolute Gasteiger partial charge is 0.493 e. The molecule has 3 rings (SSSR count). The van der Waals surface area contributed by atoms with Crippen LogP contribution in [0.25, 0.3) is 6.08 Å².